The number of aryl methyl sites for hydroxylation is 2. The van der Waals surface area contributed by atoms with E-state index < -0.39 is 12.0 Å². The summed E-state index contributed by atoms with van der Waals surface area (Å²) in [4.78, 5) is 40.7. The fourth-order valence-electron chi connectivity index (χ4n) is 4.40. The van der Waals surface area contributed by atoms with Gasteiger partial charge in [-0.1, -0.05) is 30.3 Å². The maximum absolute atomic E-state index is 12.6. The first-order chi connectivity index (χ1) is 15.5. The Morgan fingerprint density at radius 2 is 1.81 bits per heavy atom. The predicted octanol–water partition coefficient (Wildman–Crippen LogP) is 3.91. The van der Waals surface area contributed by atoms with Gasteiger partial charge in [0, 0.05) is 41.9 Å². The average Bonchev–Trinajstić information content (AvgIpc) is 3.24. The zero-order valence-corrected chi connectivity index (χ0v) is 18.3. The molecule has 1 aromatic heterocycles. The summed E-state index contributed by atoms with van der Waals surface area (Å²) in [5.41, 5.74) is 5.11. The lowest BCUT2D eigenvalue weighted by atomic mass is 9.89. The third-order valence-electron chi connectivity index (χ3n) is 6.17. The minimum Gasteiger partial charge on any atom is -0.467 e. The number of hydrogen-bond donors (Lipinski definition) is 2. The second-order valence-corrected chi connectivity index (χ2v) is 8.32. The highest BCUT2D eigenvalue weighted by atomic mass is 16.5. The Morgan fingerprint density at radius 3 is 2.62 bits per heavy atom. The molecular formula is C26H28N2O4. The van der Waals surface area contributed by atoms with Gasteiger partial charge in [0.25, 0.3) is 0 Å². The number of H-pyrrole nitrogens is 1. The predicted molar refractivity (Wildman–Crippen MR) is 123 cm³/mol. The molecule has 32 heavy (non-hydrogen) atoms. The molecule has 1 unspecified atom stereocenters. The molecule has 6 nitrogen and oxygen atoms in total. The summed E-state index contributed by atoms with van der Waals surface area (Å²) in [7, 11) is 1.30. The smallest absolute Gasteiger partial charge is 0.328 e. The van der Waals surface area contributed by atoms with Crippen LogP contribution in [0.3, 0.4) is 0 Å². The highest BCUT2D eigenvalue weighted by molar-refractivity contribution is 5.98. The first-order valence-electron chi connectivity index (χ1n) is 11.1. The van der Waals surface area contributed by atoms with E-state index in [1.165, 1.54) is 24.7 Å². The van der Waals surface area contributed by atoms with Crippen molar-refractivity contribution in [2.75, 3.05) is 7.11 Å². The Hall–Kier alpha value is -3.41. The molecule has 0 bridgehead atoms. The van der Waals surface area contributed by atoms with Crippen molar-refractivity contribution in [3.63, 3.8) is 0 Å². The Bertz CT molecular complexity index is 1150. The highest BCUT2D eigenvalue weighted by Crippen LogP contribution is 2.23. The number of fused-ring (bicyclic) bond motifs is 2. The van der Waals surface area contributed by atoms with Crippen LogP contribution >= 0.6 is 0 Å². The number of ether oxygens (including phenoxy) is 1. The Kier molecular flexibility index (Phi) is 6.69. The second-order valence-electron chi connectivity index (χ2n) is 8.32. The first-order valence-corrected chi connectivity index (χ1v) is 11.1. The highest BCUT2D eigenvalue weighted by Gasteiger charge is 2.24. The first kappa shape index (κ1) is 21.8. The van der Waals surface area contributed by atoms with Crippen molar-refractivity contribution in [3.05, 3.63) is 70.9 Å². The molecule has 0 fully saturated rings. The molecular weight excluding hydrogens is 404 g/mol. The molecule has 3 aromatic rings. The van der Waals surface area contributed by atoms with Gasteiger partial charge >= 0.3 is 5.97 Å². The van der Waals surface area contributed by atoms with E-state index in [0.29, 0.717) is 12.0 Å². The monoisotopic (exact) mass is 432 g/mol. The van der Waals surface area contributed by atoms with E-state index >= 15 is 0 Å². The van der Waals surface area contributed by atoms with Gasteiger partial charge in [-0.05, 0) is 54.5 Å². The molecule has 1 aliphatic carbocycles. The molecule has 1 heterocycles. The molecule has 1 atom stereocenters. The second kappa shape index (κ2) is 9.81. The number of para-hydroxylation sites is 1. The molecule has 1 amide bonds. The van der Waals surface area contributed by atoms with Crippen molar-refractivity contribution < 1.29 is 19.1 Å². The normalized spacial score (nSPS) is 13.9. The topological polar surface area (TPSA) is 88.3 Å². The average molecular weight is 433 g/mol. The Labute approximate surface area is 187 Å². The van der Waals surface area contributed by atoms with Crippen molar-refractivity contribution in [3.8, 4) is 0 Å². The number of carbonyl (C=O) groups is 3. The number of carbonyl (C=O) groups excluding carboxylic acids is 3. The minimum atomic E-state index is -0.814. The summed E-state index contributed by atoms with van der Waals surface area (Å²) < 4.78 is 4.89. The molecule has 0 radical (unpaired) electrons. The van der Waals surface area contributed by atoms with Crippen LogP contribution in [0.25, 0.3) is 10.9 Å². The van der Waals surface area contributed by atoms with Crippen LogP contribution in [0.2, 0.25) is 0 Å². The number of ketones is 1. The molecule has 0 saturated carbocycles. The Balaban J connectivity index is 1.37. The largest absolute Gasteiger partial charge is 0.467 e. The van der Waals surface area contributed by atoms with Gasteiger partial charge in [-0.2, -0.15) is 0 Å². The lowest BCUT2D eigenvalue weighted by Gasteiger charge is -2.17. The maximum atomic E-state index is 12.6. The van der Waals surface area contributed by atoms with Gasteiger partial charge in [0.2, 0.25) is 5.91 Å². The summed E-state index contributed by atoms with van der Waals surface area (Å²) >= 11 is 0. The zero-order chi connectivity index (χ0) is 22.5. The number of amides is 1. The van der Waals surface area contributed by atoms with Gasteiger partial charge in [0.15, 0.2) is 5.78 Å². The van der Waals surface area contributed by atoms with Gasteiger partial charge in [-0.15, -0.1) is 0 Å². The molecule has 0 aliphatic heterocycles. The molecule has 4 rings (SSSR count). The van der Waals surface area contributed by atoms with Gasteiger partial charge in [0.05, 0.1) is 7.11 Å². The van der Waals surface area contributed by atoms with Crippen LogP contribution < -0.4 is 5.32 Å². The number of hydrogen-bond acceptors (Lipinski definition) is 4. The van der Waals surface area contributed by atoms with Crippen LogP contribution in [0.1, 0.15) is 52.7 Å². The number of aromatic amines is 1. The summed E-state index contributed by atoms with van der Waals surface area (Å²) in [6.07, 6.45) is 6.69. The molecule has 2 N–H and O–H groups in total. The van der Waals surface area contributed by atoms with Crippen molar-refractivity contribution in [2.45, 2.75) is 51.0 Å². The van der Waals surface area contributed by atoms with Crippen LogP contribution in [0.4, 0.5) is 0 Å². The van der Waals surface area contributed by atoms with Gasteiger partial charge in [0.1, 0.15) is 6.04 Å². The summed E-state index contributed by atoms with van der Waals surface area (Å²) in [6, 6.07) is 12.8. The fourth-order valence-corrected chi connectivity index (χ4v) is 4.40. The Morgan fingerprint density at radius 1 is 1.03 bits per heavy atom. The number of Topliss-reactive ketones (excluding diaryl/α,β-unsaturated/α-hetero) is 1. The van der Waals surface area contributed by atoms with E-state index in [2.05, 4.69) is 10.3 Å². The van der Waals surface area contributed by atoms with Gasteiger partial charge in [-0.3, -0.25) is 9.59 Å². The number of benzene rings is 2. The van der Waals surface area contributed by atoms with E-state index in [0.717, 1.165) is 35.7 Å². The molecule has 6 heteroatoms. The molecule has 0 saturated heterocycles. The third-order valence-corrected chi connectivity index (χ3v) is 6.17. The van der Waals surface area contributed by atoms with Crippen molar-refractivity contribution in [1.82, 2.24) is 10.3 Å². The van der Waals surface area contributed by atoms with Crippen molar-refractivity contribution in [1.29, 1.82) is 0 Å². The van der Waals surface area contributed by atoms with E-state index in [9.17, 15) is 14.4 Å². The number of nitrogens with one attached hydrogen (secondary N) is 2. The van der Waals surface area contributed by atoms with Gasteiger partial charge in [-0.25, -0.2) is 4.79 Å². The molecule has 1 aliphatic rings. The summed E-state index contributed by atoms with van der Waals surface area (Å²) in [5.74, 6) is -0.907. The van der Waals surface area contributed by atoms with Crippen LogP contribution in [0, 0.1) is 0 Å². The summed E-state index contributed by atoms with van der Waals surface area (Å²) in [6.45, 7) is 0. The fraction of sp³-hybridized carbons (Fsp3) is 0.346. The van der Waals surface area contributed by atoms with E-state index in [-0.39, 0.29) is 24.5 Å². The molecule has 166 valence electrons. The standard InChI is InChI=1S/C26H28N2O4/c1-32-26(31)23(15-20-16-27-22-9-5-4-8-21(20)22)28-25(30)13-12-24(29)19-11-10-17-6-2-3-7-18(17)14-19/h4-5,8-11,14,16,23,27H,2-3,6-7,12-13,15H2,1H3,(H,28,30). The van der Waals surface area contributed by atoms with Crippen molar-refractivity contribution >= 4 is 28.6 Å². The molecule has 0 spiro atoms. The quantitative estimate of drug-likeness (QED) is 0.417. The number of rotatable bonds is 8. The van der Waals surface area contributed by atoms with Crippen molar-refractivity contribution in [2.24, 2.45) is 0 Å². The lowest BCUT2D eigenvalue weighted by molar-refractivity contribution is -0.145. The van der Waals surface area contributed by atoms with E-state index in [1.54, 1.807) is 0 Å². The third kappa shape index (κ3) is 4.90. The SMILES string of the molecule is COC(=O)C(Cc1c[nH]c2ccccc12)NC(=O)CCC(=O)c1ccc2c(c1)CCCC2. The van der Waals surface area contributed by atoms with Crippen LogP contribution in [-0.2, 0) is 33.6 Å². The maximum Gasteiger partial charge on any atom is 0.328 e. The van der Waals surface area contributed by atoms with Crippen LogP contribution in [-0.4, -0.2) is 35.8 Å². The number of esters is 1. The zero-order valence-electron chi connectivity index (χ0n) is 18.3. The van der Waals surface area contributed by atoms with Gasteiger partial charge < -0.3 is 15.0 Å². The van der Waals surface area contributed by atoms with Crippen LogP contribution in [0.5, 0.6) is 0 Å². The van der Waals surface area contributed by atoms with Crippen LogP contribution in [0.15, 0.2) is 48.7 Å². The van der Waals surface area contributed by atoms with E-state index in [1.807, 2.05) is 48.7 Å². The minimum absolute atomic E-state index is 0.0251. The van der Waals surface area contributed by atoms with E-state index in [4.69, 9.17) is 4.74 Å². The summed E-state index contributed by atoms with van der Waals surface area (Å²) in [5, 5.41) is 3.75. The lowest BCUT2D eigenvalue weighted by Crippen LogP contribution is -2.43. The number of aromatic nitrogens is 1. The number of methoxy groups -OCH3 is 1. The molecule has 2 aromatic carbocycles.